The highest BCUT2D eigenvalue weighted by Crippen LogP contribution is 2.20. The first-order valence-electron chi connectivity index (χ1n) is 8.61. The van der Waals surface area contributed by atoms with Gasteiger partial charge in [-0.1, -0.05) is 18.5 Å². The van der Waals surface area contributed by atoms with Gasteiger partial charge in [0, 0.05) is 25.0 Å². The molecule has 0 radical (unpaired) electrons. The number of hydrogen-bond acceptors (Lipinski definition) is 5. The standard InChI is InChI=1S/C18H24N4O2/c1-2-15-11-16(24-21-15)12-20-18(23)17-5-3-4-10-22(17)13-14-6-8-19-9-7-14/h6-9,11,17H,2-5,10,12-13H2,1H3,(H,20,23). The van der Waals surface area contributed by atoms with E-state index in [0.717, 1.165) is 44.5 Å². The van der Waals surface area contributed by atoms with E-state index >= 15 is 0 Å². The van der Waals surface area contributed by atoms with Crippen molar-refractivity contribution in [3.63, 3.8) is 0 Å². The van der Waals surface area contributed by atoms with Crippen LogP contribution in [-0.4, -0.2) is 33.5 Å². The van der Waals surface area contributed by atoms with Crippen LogP contribution in [0.25, 0.3) is 0 Å². The van der Waals surface area contributed by atoms with Gasteiger partial charge in [0.1, 0.15) is 0 Å². The molecular weight excluding hydrogens is 304 g/mol. The van der Waals surface area contributed by atoms with Gasteiger partial charge < -0.3 is 9.84 Å². The molecule has 3 rings (SSSR count). The van der Waals surface area contributed by atoms with Gasteiger partial charge in [0.2, 0.25) is 5.91 Å². The maximum absolute atomic E-state index is 12.6. The summed E-state index contributed by atoms with van der Waals surface area (Å²) in [6.45, 7) is 4.15. The number of nitrogens with zero attached hydrogens (tertiary/aromatic N) is 3. The van der Waals surface area contributed by atoms with E-state index in [2.05, 4.69) is 20.4 Å². The van der Waals surface area contributed by atoms with E-state index in [-0.39, 0.29) is 11.9 Å². The lowest BCUT2D eigenvalue weighted by Gasteiger charge is -2.34. The van der Waals surface area contributed by atoms with Gasteiger partial charge in [-0.3, -0.25) is 14.7 Å². The van der Waals surface area contributed by atoms with Crippen molar-refractivity contribution in [3.8, 4) is 0 Å². The highest BCUT2D eigenvalue weighted by molar-refractivity contribution is 5.81. The molecule has 0 aromatic carbocycles. The summed E-state index contributed by atoms with van der Waals surface area (Å²) in [5.74, 6) is 0.773. The van der Waals surface area contributed by atoms with Crippen molar-refractivity contribution in [3.05, 3.63) is 47.6 Å². The Morgan fingerprint density at radius 3 is 2.96 bits per heavy atom. The molecule has 128 valence electrons. The van der Waals surface area contributed by atoms with Gasteiger partial charge in [0.25, 0.3) is 0 Å². The second-order valence-corrected chi connectivity index (χ2v) is 6.19. The number of aryl methyl sites for hydroxylation is 1. The van der Waals surface area contributed by atoms with Crippen molar-refractivity contribution in [1.29, 1.82) is 0 Å². The van der Waals surface area contributed by atoms with Gasteiger partial charge in [0.05, 0.1) is 18.3 Å². The molecule has 2 aromatic rings. The molecule has 1 atom stereocenters. The first-order valence-corrected chi connectivity index (χ1v) is 8.61. The van der Waals surface area contributed by atoms with E-state index in [9.17, 15) is 4.79 Å². The van der Waals surface area contributed by atoms with Crippen molar-refractivity contribution in [2.45, 2.75) is 51.7 Å². The summed E-state index contributed by atoms with van der Waals surface area (Å²) in [6.07, 6.45) is 7.55. The normalized spacial score (nSPS) is 18.5. The Balaban J connectivity index is 1.58. The largest absolute Gasteiger partial charge is 0.359 e. The third-order valence-corrected chi connectivity index (χ3v) is 4.46. The number of nitrogens with one attached hydrogen (secondary N) is 1. The fourth-order valence-corrected chi connectivity index (χ4v) is 3.10. The summed E-state index contributed by atoms with van der Waals surface area (Å²) in [7, 11) is 0. The third-order valence-electron chi connectivity index (χ3n) is 4.46. The van der Waals surface area contributed by atoms with E-state index in [1.54, 1.807) is 12.4 Å². The van der Waals surface area contributed by atoms with Crippen LogP contribution in [0, 0.1) is 0 Å². The minimum atomic E-state index is -0.0829. The lowest BCUT2D eigenvalue weighted by Crippen LogP contribution is -2.48. The summed E-state index contributed by atoms with van der Waals surface area (Å²) in [5, 5.41) is 6.95. The molecule has 0 spiro atoms. The number of piperidine rings is 1. The summed E-state index contributed by atoms with van der Waals surface area (Å²) >= 11 is 0. The lowest BCUT2D eigenvalue weighted by molar-refractivity contribution is -0.128. The Morgan fingerprint density at radius 1 is 1.38 bits per heavy atom. The Labute approximate surface area is 142 Å². The van der Waals surface area contributed by atoms with Gasteiger partial charge in [0.15, 0.2) is 5.76 Å². The predicted octanol–water partition coefficient (Wildman–Crippen LogP) is 2.30. The molecule has 1 aliphatic heterocycles. The maximum atomic E-state index is 12.6. The predicted molar refractivity (Wildman–Crippen MR) is 90.0 cm³/mol. The maximum Gasteiger partial charge on any atom is 0.237 e. The molecule has 24 heavy (non-hydrogen) atoms. The minimum absolute atomic E-state index is 0.0678. The zero-order valence-electron chi connectivity index (χ0n) is 14.1. The Hall–Kier alpha value is -2.21. The van der Waals surface area contributed by atoms with Crippen LogP contribution in [0.15, 0.2) is 35.1 Å². The molecule has 1 aliphatic rings. The van der Waals surface area contributed by atoms with Gasteiger partial charge in [-0.2, -0.15) is 0 Å². The van der Waals surface area contributed by atoms with Gasteiger partial charge >= 0.3 is 0 Å². The molecule has 1 fully saturated rings. The first-order chi connectivity index (χ1) is 11.8. The van der Waals surface area contributed by atoms with Crippen LogP contribution in [0.5, 0.6) is 0 Å². The number of pyridine rings is 1. The quantitative estimate of drug-likeness (QED) is 0.881. The monoisotopic (exact) mass is 328 g/mol. The van der Waals surface area contributed by atoms with Crippen molar-refractivity contribution in [2.75, 3.05) is 6.54 Å². The zero-order chi connectivity index (χ0) is 16.8. The SMILES string of the molecule is CCc1cc(CNC(=O)C2CCCCN2Cc2ccncc2)on1. The molecule has 0 saturated carbocycles. The molecule has 6 heteroatoms. The van der Waals surface area contributed by atoms with Crippen LogP contribution in [0.2, 0.25) is 0 Å². The molecular formula is C18H24N4O2. The van der Waals surface area contributed by atoms with Crippen LogP contribution in [0.3, 0.4) is 0 Å². The van der Waals surface area contributed by atoms with Gasteiger partial charge in [-0.15, -0.1) is 0 Å². The van der Waals surface area contributed by atoms with Crippen molar-refractivity contribution in [2.24, 2.45) is 0 Å². The molecule has 0 aliphatic carbocycles. The average molecular weight is 328 g/mol. The minimum Gasteiger partial charge on any atom is -0.359 e. The van der Waals surface area contributed by atoms with Crippen molar-refractivity contribution < 1.29 is 9.32 Å². The summed E-state index contributed by atoms with van der Waals surface area (Å²) < 4.78 is 5.23. The van der Waals surface area contributed by atoms with Gasteiger partial charge in [-0.25, -0.2) is 0 Å². The van der Waals surface area contributed by atoms with E-state index in [1.165, 1.54) is 5.56 Å². The third kappa shape index (κ3) is 4.20. The summed E-state index contributed by atoms with van der Waals surface area (Å²) in [6, 6.07) is 5.82. The molecule has 1 N–H and O–H groups in total. The fourth-order valence-electron chi connectivity index (χ4n) is 3.10. The Kier molecular flexibility index (Phi) is 5.59. The highest BCUT2D eigenvalue weighted by atomic mass is 16.5. The van der Waals surface area contributed by atoms with E-state index in [4.69, 9.17) is 4.52 Å². The van der Waals surface area contributed by atoms with E-state index in [1.807, 2.05) is 25.1 Å². The number of likely N-dealkylation sites (tertiary alicyclic amines) is 1. The topological polar surface area (TPSA) is 71.3 Å². The number of aromatic nitrogens is 2. The molecule has 1 amide bonds. The van der Waals surface area contributed by atoms with Crippen molar-refractivity contribution in [1.82, 2.24) is 20.4 Å². The first kappa shape index (κ1) is 16.6. The average Bonchev–Trinajstić information content (AvgIpc) is 3.09. The second kappa shape index (κ2) is 8.06. The number of hydrogen-bond donors (Lipinski definition) is 1. The Bertz CT molecular complexity index is 656. The zero-order valence-corrected chi connectivity index (χ0v) is 14.1. The van der Waals surface area contributed by atoms with E-state index < -0.39 is 0 Å². The van der Waals surface area contributed by atoms with Crippen LogP contribution < -0.4 is 5.32 Å². The van der Waals surface area contributed by atoms with Crippen LogP contribution in [-0.2, 0) is 24.3 Å². The highest BCUT2D eigenvalue weighted by Gasteiger charge is 2.28. The number of carbonyl (C=O) groups is 1. The van der Waals surface area contributed by atoms with Crippen LogP contribution in [0.4, 0.5) is 0 Å². The molecule has 1 saturated heterocycles. The molecule has 1 unspecified atom stereocenters. The van der Waals surface area contributed by atoms with E-state index in [0.29, 0.717) is 12.3 Å². The lowest BCUT2D eigenvalue weighted by atomic mass is 10.0. The van der Waals surface area contributed by atoms with Crippen LogP contribution >= 0.6 is 0 Å². The van der Waals surface area contributed by atoms with Crippen molar-refractivity contribution >= 4 is 5.91 Å². The fraction of sp³-hybridized carbons (Fsp3) is 0.500. The molecule has 2 aromatic heterocycles. The number of carbonyl (C=O) groups excluding carboxylic acids is 1. The van der Waals surface area contributed by atoms with Gasteiger partial charge in [-0.05, 0) is 43.5 Å². The summed E-state index contributed by atoms with van der Waals surface area (Å²) in [4.78, 5) is 18.9. The smallest absolute Gasteiger partial charge is 0.237 e. The molecule has 3 heterocycles. The Morgan fingerprint density at radius 2 is 2.21 bits per heavy atom. The molecule has 6 nitrogen and oxygen atoms in total. The number of amides is 1. The number of rotatable bonds is 6. The summed E-state index contributed by atoms with van der Waals surface area (Å²) in [5.41, 5.74) is 2.10. The molecule has 0 bridgehead atoms. The van der Waals surface area contributed by atoms with Crippen LogP contribution in [0.1, 0.15) is 43.2 Å². The second-order valence-electron chi connectivity index (χ2n) is 6.19.